The van der Waals surface area contributed by atoms with Gasteiger partial charge in [0, 0.05) is 39.8 Å². The summed E-state index contributed by atoms with van der Waals surface area (Å²) in [7, 11) is -0.375. The van der Waals surface area contributed by atoms with Gasteiger partial charge < -0.3 is 9.64 Å². The molecule has 2 atom stereocenters. The highest BCUT2D eigenvalue weighted by Crippen LogP contribution is 2.29. The zero-order valence-corrected chi connectivity index (χ0v) is 15.5. The Balaban J connectivity index is 1.67. The maximum Gasteiger partial charge on any atom is 0.281 e. The minimum absolute atomic E-state index is 0.0202. The first-order valence-corrected chi connectivity index (χ1v) is 9.92. The molecule has 0 aliphatic carbocycles. The lowest BCUT2D eigenvalue weighted by Gasteiger charge is -2.36. The number of nitrogens with zero attached hydrogens (tertiary/aromatic N) is 3. The topological polar surface area (TPSA) is 70.2 Å². The Kier molecular flexibility index (Phi) is 5.31. The number of rotatable bonds is 5. The summed E-state index contributed by atoms with van der Waals surface area (Å²) in [6.07, 6.45) is 1.79. The van der Waals surface area contributed by atoms with Crippen LogP contribution in [0.2, 0.25) is 0 Å². The van der Waals surface area contributed by atoms with Crippen LogP contribution in [0, 0.1) is 5.92 Å². The van der Waals surface area contributed by atoms with Gasteiger partial charge in [-0.3, -0.25) is 4.79 Å². The molecular formula is C17H25N3O4S. The number of carbonyl (C=O) groups excluding carboxylic acids is 1. The predicted molar refractivity (Wildman–Crippen MR) is 94.3 cm³/mol. The second-order valence-electron chi connectivity index (χ2n) is 6.85. The summed E-state index contributed by atoms with van der Waals surface area (Å²) in [4.78, 5) is 14.4. The molecule has 0 unspecified atom stereocenters. The number of piperidine rings is 1. The molecule has 1 amide bonds. The van der Waals surface area contributed by atoms with Crippen LogP contribution in [0.3, 0.4) is 0 Å². The molecule has 1 aromatic rings. The normalized spacial score (nSPS) is 24.4. The van der Waals surface area contributed by atoms with E-state index < -0.39 is 10.2 Å². The molecule has 3 saturated heterocycles. The van der Waals surface area contributed by atoms with E-state index in [1.165, 1.54) is 8.61 Å². The number of carbonyl (C=O) groups is 1. The molecule has 3 aliphatic rings. The first kappa shape index (κ1) is 18.2. The van der Waals surface area contributed by atoms with Crippen LogP contribution in [0.15, 0.2) is 30.3 Å². The van der Waals surface area contributed by atoms with E-state index in [1.54, 1.807) is 14.1 Å². The largest absolute Gasteiger partial charge is 0.484 e. The van der Waals surface area contributed by atoms with Gasteiger partial charge in [-0.15, -0.1) is 0 Å². The summed E-state index contributed by atoms with van der Waals surface area (Å²) in [5.41, 5.74) is 0. The first-order valence-electron chi connectivity index (χ1n) is 8.53. The van der Waals surface area contributed by atoms with Crippen molar-refractivity contribution in [3.05, 3.63) is 30.3 Å². The van der Waals surface area contributed by atoms with Crippen LogP contribution in [0.5, 0.6) is 5.75 Å². The van der Waals surface area contributed by atoms with E-state index in [1.807, 2.05) is 35.2 Å². The smallest absolute Gasteiger partial charge is 0.281 e. The molecule has 2 bridgehead atoms. The van der Waals surface area contributed by atoms with E-state index in [0.29, 0.717) is 25.4 Å². The minimum Gasteiger partial charge on any atom is -0.484 e. The molecule has 1 aromatic carbocycles. The lowest BCUT2D eigenvalue weighted by molar-refractivity contribution is -0.137. The molecule has 0 N–H and O–H groups in total. The highest BCUT2D eigenvalue weighted by molar-refractivity contribution is 7.86. The Labute approximate surface area is 149 Å². The predicted octanol–water partition coefficient (Wildman–Crippen LogP) is 0.795. The monoisotopic (exact) mass is 367 g/mol. The van der Waals surface area contributed by atoms with Gasteiger partial charge in [-0.05, 0) is 30.9 Å². The number of hydrogen-bond donors (Lipinski definition) is 0. The summed E-state index contributed by atoms with van der Waals surface area (Å²) in [5.74, 6) is 0.754. The number of para-hydroxylation sites is 1. The molecule has 4 rings (SSSR count). The highest BCUT2D eigenvalue weighted by Gasteiger charge is 2.41. The lowest BCUT2D eigenvalue weighted by Crippen LogP contribution is -2.49. The van der Waals surface area contributed by atoms with Crippen molar-refractivity contribution < 1.29 is 17.9 Å². The van der Waals surface area contributed by atoms with Gasteiger partial charge in [0.2, 0.25) is 0 Å². The molecule has 0 spiro atoms. The molecule has 0 aromatic heterocycles. The lowest BCUT2D eigenvalue weighted by atomic mass is 9.95. The average molecular weight is 367 g/mol. The fourth-order valence-electron chi connectivity index (χ4n) is 3.51. The summed E-state index contributed by atoms with van der Waals surface area (Å²) in [6, 6.07) is 9.15. The van der Waals surface area contributed by atoms with Crippen molar-refractivity contribution in [1.82, 2.24) is 13.5 Å². The van der Waals surface area contributed by atoms with Crippen LogP contribution in [-0.4, -0.2) is 74.2 Å². The van der Waals surface area contributed by atoms with Gasteiger partial charge >= 0.3 is 0 Å². The zero-order chi connectivity index (χ0) is 18.0. The Morgan fingerprint density at radius 2 is 1.88 bits per heavy atom. The number of hydrogen-bond acceptors (Lipinski definition) is 4. The van der Waals surface area contributed by atoms with Crippen molar-refractivity contribution in [1.29, 1.82) is 0 Å². The molecule has 3 fully saturated rings. The van der Waals surface area contributed by atoms with Crippen LogP contribution in [0.1, 0.15) is 12.8 Å². The van der Waals surface area contributed by atoms with Gasteiger partial charge in [0.05, 0.1) is 0 Å². The van der Waals surface area contributed by atoms with Crippen molar-refractivity contribution in [2.45, 2.75) is 18.9 Å². The van der Waals surface area contributed by atoms with Crippen LogP contribution in [0.25, 0.3) is 0 Å². The van der Waals surface area contributed by atoms with Gasteiger partial charge in [0.15, 0.2) is 6.61 Å². The number of ether oxygens (including phenoxy) is 1. The molecule has 3 heterocycles. The molecule has 138 valence electrons. The highest BCUT2D eigenvalue weighted by atomic mass is 32.2. The molecule has 0 saturated carbocycles. The van der Waals surface area contributed by atoms with Gasteiger partial charge in [0.25, 0.3) is 16.1 Å². The summed E-state index contributed by atoms with van der Waals surface area (Å²) < 4.78 is 33.3. The van der Waals surface area contributed by atoms with Gasteiger partial charge in [-0.25, -0.2) is 0 Å². The zero-order valence-electron chi connectivity index (χ0n) is 14.7. The van der Waals surface area contributed by atoms with Crippen LogP contribution >= 0.6 is 0 Å². The fourth-order valence-corrected chi connectivity index (χ4v) is 4.73. The Morgan fingerprint density at radius 1 is 1.16 bits per heavy atom. The number of benzene rings is 1. The molecule has 7 nitrogen and oxygen atoms in total. The SMILES string of the molecule is CN(C)S(=O)(=O)N1C[C@@H]2CC[C@H](C1)N(C(=O)COc1ccccc1)C2. The van der Waals surface area contributed by atoms with Crippen LogP contribution in [0.4, 0.5) is 0 Å². The molecule has 8 heteroatoms. The maximum atomic E-state index is 12.6. The van der Waals surface area contributed by atoms with E-state index in [2.05, 4.69) is 0 Å². The summed E-state index contributed by atoms with van der Waals surface area (Å²) in [6.45, 7) is 1.41. The van der Waals surface area contributed by atoms with Crippen molar-refractivity contribution in [2.75, 3.05) is 40.3 Å². The van der Waals surface area contributed by atoms with Gasteiger partial charge in [-0.1, -0.05) is 18.2 Å². The Morgan fingerprint density at radius 3 is 2.56 bits per heavy atom. The van der Waals surface area contributed by atoms with Gasteiger partial charge in [0.1, 0.15) is 5.75 Å². The van der Waals surface area contributed by atoms with E-state index in [4.69, 9.17) is 4.74 Å². The van der Waals surface area contributed by atoms with E-state index in [0.717, 1.165) is 12.8 Å². The van der Waals surface area contributed by atoms with E-state index in [-0.39, 0.29) is 24.5 Å². The third kappa shape index (κ3) is 3.96. The van der Waals surface area contributed by atoms with E-state index in [9.17, 15) is 13.2 Å². The van der Waals surface area contributed by atoms with Crippen molar-refractivity contribution >= 4 is 16.1 Å². The fraction of sp³-hybridized carbons (Fsp3) is 0.588. The molecular weight excluding hydrogens is 342 g/mol. The van der Waals surface area contributed by atoms with Gasteiger partial charge in [-0.2, -0.15) is 17.0 Å². The number of amides is 1. The molecule has 0 radical (unpaired) electrons. The quantitative estimate of drug-likeness (QED) is 0.772. The third-order valence-corrected chi connectivity index (χ3v) is 6.77. The summed E-state index contributed by atoms with van der Waals surface area (Å²) >= 11 is 0. The van der Waals surface area contributed by atoms with Crippen molar-refractivity contribution in [2.24, 2.45) is 5.92 Å². The van der Waals surface area contributed by atoms with E-state index >= 15 is 0 Å². The average Bonchev–Trinajstić information content (AvgIpc) is 2.93. The first-order chi connectivity index (χ1) is 11.9. The van der Waals surface area contributed by atoms with Crippen molar-refractivity contribution in [3.8, 4) is 5.75 Å². The second-order valence-corrected chi connectivity index (χ2v) is 8.99. The minimum atomic E-state index is -3.46. The molecule has 3 aliphatic heterocycles. The van der Waals surface area contributed by atoms with Crippen LogP contribution < -0.4 is 4.74 Å². The third-order valence-electron chi connectivity index (χ3n) is 4.89. The van der Waals surface area contributed by atoms with Crippen LogP contribution in [-0.2, 0) is 15.0 Å². The second kappa shape index (κ2) is 7.31. The number of fused-ring (bicyclic) bond motifs is 4. The maximum absolute atomic E-state index is 12.6. The Hall–Kier alpha value is -1.64. The molecule has 25 heavy (non-hydrogen) atoms. The van der Waals surface area contributed by atoms with Crippen molar-refractivity contribution in [3.63, 3.8) is 0 Å². The summed E-state index contributed by atoms with van der Waals surface area (Å²) in [5, 5.41) is 0. The Bertz CT molecular complexity index is 708. The standard InChI is InChI=1S/C17H25N3O4S/c1-18(2)25(22,23)19-10-14-8-9-15(12-19)20(11-14)17(21)13-24-16-6-4-3-5-7-16/h3-7,14-15H,8-13H2,1-2H3/t14-,15+/m0/s1.